The predicted octanol–water partition coefficient (Wildman–Crippen LogP) is 18.2. The second-order valence-corrected chi connectivity index (χ2v) is 19.5. The van der Waals surface area contributed by atoms with E-state index in [0.29, 0.717) is 0 Å². The SMILES string of the molecule is CC1(C)c2ccccc2-c2cccc(N(c3ccc(-c4ccc5c(c4)C(c4ccccc4)(c4ccccc4)c4ccccc4-5)cc3)c3cccc(-c4cccc5c4oc4c6ccccc6ccc54)c3)c21. The third-order valence-electron chi connectivity index (χ3n) is 15.5. The van der Waals surface area contributed by atoms with Gasteiger partial charge < -0.3 is 9.32 Å². The highest BCUT2D eigenvalue weighted by atomic mass is 16.3. The van der Waals surface area contributed by atoms with Crippen LogP contribution in [0.4, 0.5) is 17.1 Å². The van der Waals surface area contributed by atoms with Crippen LogP contribution in [0.2, 0.25) is 0 Å². The van der Waals surface area contributed by atoms with Gasteiger partial charge >= 0.3 is 0 Å². The lowest BCUT2D eigenvalue weighted by Crippen LogP contribution is -2.28. The summed E-state index contributed by atoms with van der Waals surface area (Å²) >= 11 is 0. The summed E-state index contributed by atoms with van der Waals surface area (Å²) in [6.45, 7) is 4.75. The van der Waals surface area contributed by atoms with Gasteiger partial charge in [0.15, 0.2) is 0 Å². The lowest BCUT2D eigenvalue weighted by molar-refractivity contribution is 0.661. The zero-order chi connectivity index (χ0) is 46.6. The number of anilines is 3. The molecule has 0 radical (unpaired) electrons. The highest BCUT2D eigenvalue weighted by Crippen LogP contribution is 2.58. The summed E-state index contributed by atoms with van der Waals surface area (Å²) in [5, 5.41) is 4.56. The second kappa shape index (κ2) is 15.4. The van der Waals surface area contributed by atoms with Crippen molar-refractivity contribution in [3.8, 4) is 44.5 Å². The van der Waals surface area contributed by atoms with Gasteiger partial charge in [-0.05, 0) is 120 Å². The molecule has 70 heavy (non-hydrogen) atoms. The van der Waals surface area contributed by atoms with E-state index in [2.05, 4.69) is 267 Å². The fourth-order valence-electron chi connectivity index (χ4n) is 12.4. The summed E-state index contributed by atoms with van der Waals surface area (Å²) < 4.78 is 6.90. The molecule has 2 aliphatic carbocycles. The second-order valence-electron chi connectivity index (χ2n) is 19.5. The molecule has 0 N–H and O–H groups in total. The van der Waals surface area contributed by atoms with Gasteiger partial charge in [-0.25, -0.2) is 0 Å². The molecule has 2 heteroatoms. The Bertz CT molecular complexity index is 3990. The lowest BCUT2D eigenvalue weighted by Gasteiger charge is -2.34. The average Bonchev–Trinajstić information content (AvgIpc) is 4.04. The molecule has 11 aromatic carbocycles. The average molecular weight is 894 g/mol. The largest absolute Gasteiger partial charge is 0.455 e. The first-order valence-corrected chi connectivity index (χ1v) is 24.4. The Morgan fingerprint density at radius 3 is 1.71 bits per heavy atom. The highest BCUT2D eigenvalue weighted by Gasteiger charge is 2.46. The summed E-state index contributed by atoms with van der Waals surface area (Å²) in [6.07, 6.45) is 0. The van der Waals surface area contributed by atoms with Gasteiger partial charge in [0.25, 0.3) is 0 Å². The molecule has 0 saturated heterocycles. The van der Waals surface area contributed by atoms with Gasteiger partial charge in [-0.15, -0.1) is 0 Å². The predicted molar refractivity (Wildman–Crippen MR) is 292 cm³/mol. The summed E-state index contributed by atoms with van der Waals surface area (Å²) in [4.78, 5) is 2.47. The number of rotatable bonds is 7. The number of hydrogen-bond donors (Lipinski definition) is 0. The van der Waals surface area contributed by atoms with Gasteiger partial charge in [0, 0.05) is 38.5 Å². The Kier molecular flexibility index (Phi) is 8.88. The van der Waals surface area contributed by atoms with E-state index < -0.39 is 5.41 Å². The minimum absolute atomic E-state index is 0.229. The van der Waals surface area contributed by atoms with Crippen molar-refractivity contribution < 1.29 is 4.42 Å². The molecule has 2 aliphatic rings. The van der Waals surface area contributed by atoms with E-state index in [9.17, 15) is 0 Å². The van der Waals surface area contributed by atoms with E-state index in [-0.39, 0.29) is 5.41 Å². The summed E-state index contributed by atoms with van der Waals surface area (Å²) in [7, 11) is 0. The van der Waals surface area contributed by atoms with Crippen LogP contribution in [0.3, 0.4) is 0 Å². The number of para-hydroxylation sites is 1. The Hall–Kier alpha value is -8.72. The lowest BCUT2D eigenvalue weighted by atomic mass is 9.67. The van der Waals surface area contributed by atoms with E-state index in [0.717, 1.165) is 49.8 Å². The van der Waals surface area contributed by atoms with Crippen molar-refractivity contribution in [2.24, 2.45) is 0 Å². The molecule has 1 heterocycles. The quantitative estimate of drug-likeness (QED) is 0.158. The fraction of sp³-hybridized carbons (Fsp3) is 0.0588. The number of hydrogen-bond acceptors (Lipinski definition) is 2. The Labute approximate surface area is 408 Å². The van der Waals surface area contributed by atoms with Crippen molar-refractivity contribution in [2.75, 3.05) is 4.90 Å². The first-order chi connectivity index (χ1) is 34.5. The summed E-state index contributed by atoms with van der Waals surface area (Å²) in [5.41, 5.74) is 22.0. The van der Waals surface area contributed by atoms with Crippen LogP contribution in [-0.4, -0.2) is 0 Å². The highest BCUT2D eigenvalue weighted by molar-refractivity contribution is 6.17. The molecule has 0 bridgehead atoms. The maximum Gasteiger partial charge on any atom is 0.143 e. The van der Waals surface area contributed by atoms with Gasteiger partial charge in [0.2, 0.25) is 0 Å². The molecule has 0 spiro atoms. The van der Waals surface area contributed by atoms with E-state index in [1.54, 1.807) is 0 Å². The maximum absolute atomic E-state index is 6.90. The molecule has 330 valence electrons. The fourth-order valence-corrected chi connectivity index (χ4v) is 12.4. The number of fused-ring (bicyclic) bond motifs is 11. The number of nitrogens with zero attached hydrogens (tertiary/aromatic N) is 1. The van der Waals surface area contributed by atoms with E-state index >= 15 is 0 Å². The van der Waals surface area contributed by atoms with Crippen LogP contribution in [0.1, 0.15) is 47.2 Å². The van der Waals surface area contributed by atoms with E-state index in [4.69, 9.17) is 4.42 Å². The van der Waals surface area contributed by atoms with Crippen LogP contribution in [-0.2, 0) is 10.8 Å². The van der Waals surface area contributed by atoms with Crippen molar-refractivity contribution in [1.82, 2.24) is 0 Å². The molecule has 0 atom stereocenters. The van der Waals surface area contributed by atoms with Crippen molar-refractivity contribution in [1.29, 1.82) is 0 Å². The van der Waals surface area contributed by atoms with Crippen molar-refractivity contribution in [3.05, 3.63) is 282 Å². The van der Waals surface area contributed by atoms with Crippen molar-refractivity contribution in [2.45, 2.75) is 24.7 Å². The van der Waals surface area contributed by atoms with Crippen LogP contribution in [0, 0.1) is 0 Å². The molecule has 0 saturated carbocycles. The molecule has 0 unspecified atom stereocenters. The van der Waals surface area contributed by atoms with Crippen molar-refractivity contribution in [3.63, 3.8) is 0 Å². The molecule has 0 aliphatic heterocycles. The minimum atomic E-state index is -0.467. The maximum atomic E-state index is 6.90. The molecular weight excluding hydrogens is 847 g/mol. The standard InChI is InChI=1S/C68H47NO/c1-67(2)60-31-13-11-27-55(60)57-29-17-33-63(64(57)67)69(51-24-15-19-47(42-51)53-28-16-30-58-59-41-36-45-18-9-10-25-52(45)65(59)70-66(53)58)50-38-34-44(35-39-50)46-37-40-56-54-26-12-14-32-61(54)68(62(56)43-46,48-20-5-3-6-21-48)49-22-7-4-8-23-49/h3-43H,1-2H3. The molecule has 2 nitrogen and oxygen atoms in total. The molecule has 12 aromatic rings. The van der Waals surface area contributed by atoms with Crippen LogP contribution in [0.15, 0.2) is 253 Å². The van der Waals surface area contributed by atoms with Crippen LogP contribution in [0.5, 0.6) is 0 Å². The summed E-state index contributed by atoms with van der Waals surface area (Å²) in [5.74, 6) is 0. The van der Waals surface area contributed by atoms with E-state index in [1.165, 1.54) is 77.8 Å². The molecule has 0 fully saturated rings. The third-order valence-corrected chi connectivity index (χ3v) is 15.5. The molecule has 0 amide bonds. The van der Waals surface area contributed by atoms with Gasteiger partial charge in [-0.2, -0.15) is 0 Å². The van der Waals surface area contributed by atoms with Gasteiger partial charge in [-0.1, -0.05) is 220 Å². The molecular formula is C68H47NO. The first-order valence-electron chi connectivity index (χ1n) is 24.4. The van der Waals surface area contributed by atoms with E-state index in [1.807, 2.05) is 0 Å². The number of furan rings is 1. The molecule has 1 aromatic heterocycles. The Balaban J connectivity index is 0.932. The van der Waals surface area contributed by atoms with Crippen LogP contribution >= 0.6 is 0 Å². The topological polar surface area (TPSA) is 16.4 Å². The summed E-state index contributed by atoms with van der Waals surface area (Å²) in [6, 6.07) is 91.7. The van der Waals surface area contributed by atoms with Crippen LogP contribution < -0.4 is 4.90 Å². The zero-order valence-corrected chi connectivity index (χ0v) is 39.0. The molecule has 14 rings (SSSR count). The zero-order valence-electron chi connectivity index (χ0n) is 39.0. The normalized spacial score (nSPS) is 13.8. The smallest absolute Gasteiger partial charge is 0.143 e. The Morgan fingerprint density at radius 1 is 0.343 bits per heavy atom. The minimum Gasteiger partial charge on any atom is -0.455 e. The van der Waals surface area contributed by atoms with Crippen molar-refractivity contribution >= 4 is 49.8 Å². The Morgan fingerprint density at radius 2 is 0.929 bits per heavy atom. The van der Waals surface area contributed by atoms with Gasteiger partial charge in [0.05, 0.1) is 11.1 Å². The van der Waals surface area contributed by atoms with Crippen LogP contribution in [0.25, 0.3) is 77.2 Å². The first kappa shape index (κ1) is 40.4. The monoisotopic (exact) mass is 893 g/mol. The number of benzene rings is 11. The third kappa shape index (κ3) is 5.80. The van der Waals surface area contributed by atoms with Gasteiger partial charge in [0.1, 0.15) is 11.2 Å². The van der Waals surface area contributed by atoms with Gasteiger partial charge in [-0.3, -0.25) is 0 Å².